The smallest absolute Gasteiger partial charge is 0.352 e. The molecule has 1 amide bonds. The van der Waals surface area contributed by atoms with Crippen molar-refractivity contribution in [3.63, 3.8) is 0 Å². The number of rotatable bonds is 4. The highest BCUT2D eigenvalue weighted by Crippen LogP contribution is 2.33. The number of halogens is 4. The normalized spacial score (nSPS) is 11.4. The molecule has 0 aliphatic carbocycles. The molecule has 0 aliphatic rings. The number of amides is 1. The number of carbonyl (C=O) groups is 1. The molecule has 1 aromatic carbocycles. The molecule has 2 aromatic rings. The number of benzene rings is 1. The van der Waals surface area contributed by atoms with E-state index in [0.29, 0.717) is 6.42 Å². The first kappa shape index (κ1) is 16.0. The van der Waals surface area contributed by atoms with Crippen LogP contribution in [-0.4, -0.2) is 17.4 Å². The van der Waals surface area contributed by atoms with Crippen LogP contribution in [0.5, 0.6) is 0 Å². The largest absolute Gasteiger partial charge is 0.417 e. The fraction of sp³-hybridized carbons (Fsp3) is 0.231. The lowest BCUT2D eigenvalue weighted by Crippen LogP contribution is -2.28. The molecular weight excluding hydrogens is 369 g/mol. The SMILES string of the molecule is O=C(NCCc1cscn1)c1ccc(Br)cc1C(F)(F)F. The zero-order valence-electron chi connectivity index (χ0n) is 10.6. The van der Waals surface area contributed by atoms with Gasteiger partial charge in [-0.15, -0.1) is 11.3 Å². The molecule has 112 valence electrons. The number of hydrogen-bond acceptors (Lipinski definition) is 3. The molecule has 1 N–H and O–H groups in total. The van der Waals surface area contributed by atoms with Gasteiger partial charge in [0.05, 0.1) is 22.3 Å². The third-order valence-corrected chi connectivity index (χ3v) is 3.81. The van der Waals surface area contributed by atoms with E-state index in [2.05, 4.69) is 26.2 Å². The van der Waals surface area contributed by atoms with E-state index in [4.69, 9.17) is 0 Å². The van der Waals surface area contributed by atoms with Crippen LogP contribution in [-0.2, 0) is 12.6 Å². The average Bonchev–Trinajstić information content (AvgIpc) is 2.90. The Morgan fingerprint density at radius 1 is 1.38 bits per heavy atom. The number of aromatic nitrogens is 1. The van der Waals surface area contributed by atoms with Crippen LogP contribution in [0.2, 0.25) is 0 Å². The summed E-state index contributed by atoms with van der Waals surface area (Å²) in [5.41, 5.74) is 1.12. The molecule has 0 fully saturated rings. The summed E-state index contributed by atoms with van der Waals surface area (Å²) < 4.78 is 39.0. The van der Waals surface area contributed by atoms with Gasteiger partial charge >= 0.3 is 6.18 Å². The quantitative estimate of drug-likeness (QED) is 0.876. The number of alkyl halides is 3. The monoisotopic (exact) mass is 378 g/mol. The Hall–Kier alpha value is -1.41. The minimum Gasteiger partial charge on any atom is -0.352 e. The van der Waals surface area contributed by atoms with Crippen molar-refractivity contribution in [1.29, 1.82) is 0 Å². The zero-order valence-corrected chi connectivity index (χ0v) is 13.0. The Labute approximate surface area is 131 Å². The van der Waals surface area contributed by atoms with E-state index in [0.717, 1.165) is 17.8 Å². The summed E-state index contributed by atoms with van der Waals surface area (Å²) in [5.74, 6) is -0.745. The minimum absolute atomic E-state index is 0.232. The van der Waals surface area contributed by atoms with Crippen molar-refractivity contribution in [3.05, 3.63) is 50.4 Å². The van der Waals surface area contributed by atoms with Crippen molar-refractivity contribution >= 4 is 33.2 Å². The predicted molar refractivity (Wildman–Crippen MR) is 77.3 cm³/mol. The minimum atomic E-state index is -4.58. The summed E-state index contributed by atoms with van der Waals surface area (Å²) in [5, 5.41) is 4.31. The van der Waals surface area contributed by atoms with Gasteiger partial charge in [-0.25, -0.2) is 4.98 Å². The van der Waals surface area contributed by atoms with Crippen LogP contribution in [0.25, 0.3) is 0 Å². The number of carbonyl (C=O) groups excluding carboxylic acids is 1. The van der Waals surface area contributed by atoms with Crippen molar-refractivity contribution in [1.82, 2.24) is 10.3 Å². The van der Waals surface area contributed by atoms with Crippen LogP contribution in [0, 0.1) is 0 Å². The summed E-state index contributed by atoms with van der Waals surface area (Å²) in [7, 11) is 0. The maximum Gasteiger partial charge on any atom is 0.417 e. The maximum atomic E-state index is 12.9. The van der Waals surface area contributed by atoms with Crippen molar-refractivity contribution in [2.24, 2.45) is 0 Å². The zero-order chi connectivity index (χ0) is 15.5. The van der Waals surface area contributed by atoms with Crippen molar-refractivity contribution in [2.75, 3.05) is 6.54 Å². The maximum absolute atomic E-state index is 12.9. The molecule has 0 spiro atoms. The van der Waals surface area contributed by atoms with Crippen LogP contribution < -0.4 is 5.32 Å². The van der Waals surface area contributed by atoms with Gasteiger partial charge < -0.3 is 5.32 Å². The number of hydrogen-bond donors (Lipinski definition) is 1. The topological polar surface area (TPSA) is 42.0 Å². The lowest BCUT2D eigenvalue weighted by Gasteiger charge is -2.13. The summed E-state index contributed by atoms with van der Waals surface area (Å²) in [4.78, 5) is 15.9. The molecule has 0 saturated heterocycles. The fourth-order valence-corrected chi connectivity index (χ4v) is 2.66. The molecule has 0 saturated carbocycles. The molecular formula is C13H10BrF3N2OS. The first-order valence-corrected chi connectivity index (χ1v) is 7.63. The van der Waals surface area contributed by atoms with E-state index in [9.17, 15) is 18.0 Å². The average molecular weight is 379 g/mol. The molecule has 1 heterocycles. The van der Waals surface area contributed by atoms with Crippen LogP contribution >= 0.6 is 27.3 Å². The highest BCUT2D eigenvalue weighted by Gasteiger charge is 2.35. The molecule has 8 heteroatoms. The molecule has 21 heavy (non-hydrogen) atoms. The molecule has 0 bridgehead atoms. The van der Waals surface area contributed by atoms with E-state index in [1.54, 1.807) is 5.51 Å². The standard InChI is InChI=1S/C13H10BrF3N2OS/c14-8-1-2-10(11(5-8)13(15,16)17)12(20)18-4-3-9-6-21-7-19-9/h1-2,5-7H,3-4H2,(H,18,20). The first-order chi connectivity index (χ1) is 9.88. The molecule has 1 aromatic heterocycles. The molecule has 0 radical (unpaired) electrons. The Bertz CT molecular complexity index is 629. The second kappa shape index (κ2) is 6.57. The molecule has 2 rings (SSSR count). The van der Waals surface area contributed by atoms with Gasteiger partial charge in [-0.2, -0.15) is 13.2 Å². The van der Waals surface area contributed by atoms with E-state index < -0.39 is 17.6 Å². The van der Waals surface area contributed by atoms with Gasteiger partial charge in [-0.3, -0.25) is 4.79 Å². The van der Waals surface area contributed by atoms with Gasteiger partial charge in [0.15, 0.2) is 0 Å². The van der Waals surface area contributed by atoms with Crippen molar-refractivity contribution < 1.29 is 18.0 Å². The Morgan fingerprint density at radius 2 is 2.14 bits per heavy atom. The van der Waals surface area contributed by atoms with Crippen LogP contribution in [0.3, 0.4) is 0 Å². The van der Waals surface area contributed by atoms with Gasteiger partial charge in [-0.05, 0) is 18.2 Å². The van der Waals surface area contributed by atoms with E-state index in [1.807, 2.05) is 5.38 Å². The highest BCUT2D eigenvalue weighted by atomic mass is 79.9. The second-order valence-electron chi connectivity index (χ2n) is 4.17. The van der Waals surface area contributed by atoms with Crippen LogP contribution in [0.4, 0.5) is 13.2 Å². The molecule has 0 unspecified atom stereocenters. The Morgan fingerprint density at radius 3 is 2.76 bits per heavy atom. The summed E-state index contributed by atoms with van der Waals surface area (Å²) in [6.07, 6.45) is -4.10. The molecule has 3 nitrogen and oxygen atoms in total. The Kier molecular flexibility index (Phi) is 5.00. The lowest BCUT2D eigenvalue weighted by molar-refractivity contribution is -0.138. The van der Waals surface area contributed by atoms with Gasteiger partial charge in [0.1, 0.15) is 0 Å². The van der Waals surface area contributed by atoms with Crippen LogP contribution in [0.15, 0.2) is 33.6 Å². The summed E-state index contributed by atoms with van der Waals surface area (Å²) in [6, 6.07) is 3.46. The third kappa shape index (κ3) is 4.28. The second-order valence-corrected chi connectivity index (χ2v) is 5.81. The fourth-order valence-electron chi connectivity index (χ4n) is 1.71. The van der Waals surface area contributed by atoms with Gasteiger partial charge in [0, 0.05) is 22.8 Å². The predicted octanol–water partition coefficient (Wildman–Crippen LogP) is 3.90. The lowest BCUT2D eigenvalue weighted by atomic mass is 10.1. The van der Waals surface area contributed by atoms with E-state index in [1.165, 1.54) is 17.4 Å². The summed E-state index contributed by atoms with van der Waals surface area (Å²) in [6.45, 7) is 0.232. The van der Waals surface area contributed by atoms with Crippen molar-refractivity contribution in [3.8, 4) is 0 Å². The molecule has 0 atom stereocenters. The third-order valence-electron chi connectivity index (χ3n) is 2.68. The Balaban J connectivity index is 2.08. The number of nitrogens with one attached hydrogen (secondary N) is 1. The number of thiazole rings is 1. The summed E-state index contributed by atoms with van der Waals surface area (Å²) >= 11 is 4.40. The highest BCUT2D eigenvalue weighted by molar-refractivity contribution is 9.10. The van der Waals surface area contributed by atoms with E-state index in [-0.39, 0.29) is 16.6 Å². The molecule has 0 aliphatic heterocycles. The van der Waals surface area contributed by atoms with Gasteiger partial charge in [-0.1, -0.05) is 15.9 Å². The van der Waals surface area contributed by atoms with Crippen molar-refractivity contribution in [2.45, 2.75) is 12.6 Å². The van der Waals surface area contributed by atoms with Crippen LogP contribution in [0.1, 0.15) is 21.6 Å². The number of nitrogens with zero attached hydrogens (tertiary/aromatic N) is 1. The van der Waals surface area contributed by atoms with Gasteiger partial charge in [0.2, 0.25) is 0 Å². The van der Waals surface area contributed by atoms with E-state index >= 15 is 0 Å². The van der Waals surface area contributed by atoms with Gasteiger partial charge in [0.25, 0.3) is 5.91 Å². The first-order valence-electron chi connectivity index (χ1n) is 5.90.